The molecule has 10 heteroatoms. The van der Waals surface area contributed by atoms with Crippen molar-refractivity contribution < 1.29 is 18.9 Å². The molecular formula is C21H12Cl2N2O5S. The minimum absolute atomic E-state index is 0.151. The highest BCUT2D eigenvalue weighted by Crippen LogP contribution is 2.35. The van der Waals surface area contributed by atoms with Crippen LogP contribution in [0, 0.1) is 10.1 Å². The van der Waals surface area contributed by atoms with E-state index in [4.69, 9.17) is 27.6 Å². The Balaban J connectivity index is 1.57. The summed E-state index contributed by atoms with van der Waals surface area (Å²) in [7, 11) is 0. The van der Waals surface area contributed by atoms with Gasteiger partial charge in [0.25, 0.3) is 16.8 Å². The van der Waals surface area contributed by atoms with Crippen molar-refractivity contribution in [1.82, 2.24) is 4.90 Å². The predicted octanol–water partition coefficient (Wildman–Crippen LogP) is 6.40. The average Bonchev–Trinajstić information content (AvgIpc) is 3.28. The first-order valence-electron chi connectivity index (χ1n) is 8.86. The number of rotatable bonds is 5. The second-order valence-corrected chi connectivity index (χ2v) is 8.38. The van der Waals surface area contributed by atoms with Gasteiger partial charge in [-0.3, -0.25) is 24.6 Å². The van der Waals surface area contributed by atoms with E-state index in [1.54, 1.807) is 36.4 Å². The van der Waals surface area contributed by atoms with E-state index in [0.29, 0.717) is 27.1 Å². The molecule has 4 rings (SSSR count). The van der Waals surface area contributed by atoms with Gasteiger partial charge >= 0.3 is 0 Å². The fourth-order valence-corrected chi connectivity index (χ4v) is 4.38. The van der Waals surface area contributed by atoms with Crippen LogP contribution in [0.5, 0.6) is 0 Å². The summed E-state index contributed by atoms with van der Waals surface area (Å²) >= 11 is 12.8. The van der Waals surface area contributed by atoms with E-state index in [2.05, 4.69) is 0 Å². The third kappa shape index (κ3) is 4.51. The van der Waals surface area contributed by atoms with Crippen molar-refractivity contribution in [3.05, 3.63) is 91.0 Å². The van der Waals surface area contributed by atoms with Crippen LogP contribution in [0.15, 0.2) is 63.9 Å². The summed E-state index contributed by atoms with van der Waals surface area (Å²) in [6.45, 7) is -0.191. The van der Waals surface area contributed by atoms with Gasteiger partial charge in [0.15, 0.2) is 0 Å². The van der Waals surface area contributed by atoms with Gasteiger partial charge in [0.05, 0.1) is 16.4 Å². The summed E-state index contributed by atoms with van der Waals surface area (Å²) < 4.78 is 5.75. The van der Waals surface area contributed by atoms with Gasteiger partial charge in [-0.25, -0.2) is 0 Å². The summed E-state index contributed by atoms with van der Waals surface area (Å²) in [5, 5.41) is 11.6. The maximum absolute atomic E-state index is 12.7. The molecule has 2 heterocycles. The van der Waals surface area contributed by atoms with Crippen molar-refractivity contribution >= 4 is 57.9 Å². The van der Waals surface area contributed by atoms with Crippen LogP contribution in [-0.4, -0.2) is 21.0 Å². The summed E-state index contributed by atoms with van der Waals surface area (Å²) in [6, 6.07) is 14.3. The highest BCUT2D eigenvalue weighted by atomic mass is 35.5. The van der Waals surface area contributed by atoms with Crippen LogP contribution in [0.25, 0.3) is 17.4 Å². The highest BCUT2D eigenvalue weighted by molar-refractivity contribution is 8.18. The van der Waals surface area contributed by atoms with Crippen LogP contribution in [-0.2, 0) is 11.3 Å². The second-order valence-electron chi connectivity index (χ2n) is 6.51. The lowest BCUT2D eigenvalue weighted by atomic mass is 10.1. The van der Waals surface area contributed by atoms with Crippen LogP contribution >= 0.6 is 35.0 Å². The number of thioether (sulfide) groups is 1. The van der Waals surface area contributed by atoms with Crippen molar-refractivity contribution in [3.8, 4) is 11.3 Å². The first-order valence-corrected chi connectivity index (χ1v) is 10.4. The van der Waals surface area contributed by atoms with Crippen molar-refractivity contribution in [2.75, 3.05) is 0 Å². The van der Waals surface area contributed by atoms with Gasteiger partial charge in [0.1, 0.15) is 11.5 Å². The van der Waals surface area contributed by atoms with Gasteiger partial charge in [0, 0.05) is 33.3 Å². The summed E-state index contributed by atoms with van der Waals surface area (Å²) in [5.41, 5.74) is 0.789. The minimum Gasteiger partial charge on any atom is -0.457 e. The third-order valence-electron chi connectivity index (χ3n) is 4.44. The number of nitrogens with zero attached hydrogens (tertiary/aromatic N) is 2. The molecule has 1 aromatic heterocycles. The van der Waals surface area contributed by atoms with Crippen LogP contribution in [0.2, 0.25) is 10.0 Å². The molecule has 0 aliphatic carbocycles. The van der Waals surface area contributed by atoms with Crippen molar-refractivity contribution in [3.63, 3.8) is 0 Å². The smallest absolute Gasteiger partial charge is 0.293 e. The predicted molar refractivity (Wildman–Crippen MR) is 119 cm³/mol. The first kappa shape index (κ1) is 21.2. The molecule has 0 spiro atoms. The quantitative estimate of drug-likeness (QED) is 0.241. The normalized spacial score (nSPS) is 15.2. The third-order valence-corrected chi connectivity index (χ3v) is 5.78. The molecule has 156 valence electrons. The molecule has 0 bridgehead atoms. The number of hydrogen-bond donors (Lipinski definition) is 0. The van der Waals surface area contributed by atoms with Gasteiger partial charge in [0.2, 0.25) is 0 Å². The number of halogens is 2. The number of nitro benzene ring substituents is 1. The molecule has 1 aliphatic rings. The zero-order valence-electron chi connectivity index (χ0n) is 15.6. The molecule has 1 fully saturated rings. The van der Waals surface area contributed by atoms with Crippen LogP contribution < -0.4 is 0 Å². The fourth-order valence-electron chi connectivity index (χ4n) is 3.04. The highest BCUT2D eigenvalue weighted by Gasteiger charge is 2.36. The van der Waals surface area contributed by atoms with Gasteiger partial charge in [-0.1, -0.05) is 41.4 Å². The Morgan fingerprint density at radius 1 is 1.06 bits per heavy atom. The maximum Gasteiger partial charge on any atom is 0.293 e. The Labute approximate surface area is 190 Å². The van der Waals surface area contributed by atoms with Crippen molar-refractivity contribution in [2.45, 2.75) is 6.54 Å². The number of furan rings is 1. The number of hydrogen-bond acceptors (Lipinski definition) is 6. The van der Waals surface area contributed by atoms with Gasteiger partial charge in [-0.05, 0) is 42.1 Å². The zero-order valence-corrected chi connectivity index (χ0v) is 17.9. The van der Waals surface area contributed by atoms with Crippen molar-refractivity contribution in [1.29, 1.82) is 0 Å². The lowest BCUT2D eigenvalue weighted by Gasteiger charge is -2.12. The van der Waals surface area contributed by atoms with E-state index in [9.17, 15) is 19.7 Å². The summed E-state index contributed by atoms with van der Waals surface area (Å²) in [6.07, 6.45) is 1.46. The monoisotopic (exact) mass is 474 g/mol. The SMILES string of the molecule is O=C1S/C(=C\c2ccc(-c3cc(Cl)cc(Cl)c3)o2)C(=O)N1Cc1ccccc1[N+](=O)[O-]. The number of para-hydroxylation sites is 1. The molecule has 7 nitrogen and oxygen atoms in total. The molecule has 2 amide bonds. The molecule has 1 aliphatic heterocycles. The molecule has 0 saturated carbocycles. The minimum atomic E-state index is -0.545. The lowest BCUT2D eigenvalue weighted by Crippen LogP contribution is -2.27. The molecule has 0 atom stereocenters. The molecule has 3 aromatic rings. The second kappa shape index (κ2) is 8.58. The average molecular weight is 475 g/mol. The van der Waals surface area contributed by atoms with E-state index >= 15 is 0 Å². The number of carbonyl (C=O) groups excluding carboxylic acids is 2. The molecule has 1 saturated heterocycles. The van der Waals surface area contributed by atoms with Gasteiger partial charge < -0.3 is 4.42 Å². The number of benzene rings is 2. The molecule has 31 heavy (non-hydrogen) atoms. The van der Waals surface area contributed by atoms with E-state index in [0.717, 1.165) is 16.7 Å². The van der Waals surface area contributed by atoms with Crippen LogP contribution in [0.1, 0.15) is 11.3 Å². The van der Waals surface area contributed by atoms with Crippen LogP contribution in [0.4, 0.5) is 10.5 Å². The lowest BCUT2D eigenvalue weighted by molar-refractivity contribution is -0.385. The molecule has 2 aromatic carbocycles. The first-order chi connectivity index (χ1) is 14.8. The zero-order chi connectivity index (χ0) is 22.1. The number of nitro groups is 1. The number of amides is 2. The molecular weight excluding hydrogens is 463 g/mol. The number of carbonyl (C=O) groups is 2. The Hall–Kier alpha value is -3.07. The standard InChI is InChI=1S/C21H12Cl2N2O5S/c22-14-7-13(8-15(23)9-14)18-6-5-16(30-18)10-19-20(26)24(21(27)31-19)11-12-3-1-2-4-17(12)25(28)29/h1-10H,11H2/b19-10-. The molecule has 0 N–H and O–H groups in total. The molecule has 0 radical (unpaired) electrons. The molecule has 0 unspecified atom stereocenters. The Morgan fingerprint density at radius 3 is 2.48 bits per heavy atom. The van der Waals surface area contributed by atoms with E-state index in [-0.39, 0.29) is 22.7 Å². The van der Waals surface area contributed by atoms with E-state index in [1.165, 1.54) is 24.3 Å². The van der Waals surface area contributed by atoms with Crippen molar-refractivity contribution in [2.24, 2.45) is 0 Å². The van der Waals surface area contributed by atoms with Gasteiger partial charge in [-0.2, -0.15) is 0 Å². The number of imide groups is 1. The fraction of sp³-hybridized carbons (Fsp3) is 0.0476. The topological polar surface area (TPSA) is 93.7 Å². The van der Waals surface area contributed by atoms with Gasteiger partial charge in [-0.15, -0.1) is 0 Å². The van der Waals surface area contributed by atoms with Crippen LogP contribution in [0.3, 0.4) is 0 Å². The van der Waals surface area contributed by atoms with E-state index < -0.39 is 16.1 Å². The van der Waals surface area contributed by atoms with E-state index in [1.807, 2.05) is 0 Å². The Kier molecular flexibility index (Phi) is 5.86. The largest absolute Gasteiger partial charge is 0.457 e. The Morgan fingerprint density at radius 2 is 1.77 bits per heavy atom. The maximum atomic E-state index is 12.7. The summed E-state index contributed by atoms with van der Waals surface area (Å²) in [5.74, 6) is 0.314. The summed E-state index contributed by atoms with van der Waals surface area (Å²) in [4.78, 5) is 36.9. The Bertz CT molecular complexity index is 1230.